The van der Waals surface area contributed by atoms with E-state index in [2.05, 4.69) is 27.5 Å². The third-order valence-corrected chi connectivity index (χ3v) is 4.87. The number of aromatic nitrogens is 2. The van der Waals surface area contributed by atoms with Gasteiger partial charge in [0.15, 0.2) is 5.82 Å². The summed E-state index contributed by atoms with van der Waals surface area (Å²) in [5, 5.41) is 6.42. The zero-order chi connectivity index (χ0) is 17.6. The van der Waals surface area contributed by atoms with E-state index in [9.17, 15) is 4.79 Å². The predicted molar refractivity (Wildman–Crippen MR) is 107 cm³/mol. The summed E-state index contributed by atoms with van der Waals surface area (Å²) >= 11 is 0. The number of carbonyl (C=O) groups excluding carboxylic acids is 1. The Labute approximate surface area is 161 Å². The van der Waals surface area contributed by atoms with Crippen LogP contribution in [0, 0.1) is 18.8 Å². The summed E-state index contributed by atoms with van der Waals surface area (Å²) in [6, 6.07) is 9.58. The number of rotatable bonds is 5. The molecule has 1 aromatic carbocycles. The Morgan fingerprint density at radius 2 is 2.08 bits per heavy atom. The lowest BCUT2D eigenvalue weighted by Gasteiger charge is -2.28. The van der Waals surface area contributed by atoms with Gasteiger partial charge in [0.2, 0.25) is 5.91 Å². The van der Waals surface area contributed by atoms with E-state index in [1.54, 1.807) is 6.20 Å². The van der Waals surface area contributed by atoms with Crippen molar-refractivity contribution in [2.45, 2.75) is 33.1 Å². The maximum atomic E-state index is 12.3. The van der Waals surface area contributed by atoms with Crippen LogP contribution in [0.3, 0.4) is 0 Å². The Bertz CT molecular complexity index is 714. The van der Waals surface area contributed by atoms with Crippen molar-refractivity contribution in [3.05, 3.63) is 42.2 Å². The summed E-state index contributed by atoms with van der Waals surface area (Å²) in [7, 11) is 0. The average Bonchev–Trinajstić information content (AvgIpc) is 2.63. The number of amides is 1. The number of nitrogens with one attached hydrogen (secondary N) is 2. The number of hydrogen-bond donors (Lipinski definition) is 2. The Balaban J connectivity index is 0.00000243. The number of piperidine rings is 1. The summed E-state index contributed by atoms with van der Waals surface area (Å²) in [4.78, 5) is 21.0. The number of hydrogen-bond acceptors (Lipinski definition) is 4. The van der Waals surface area contributed by atoms with Gasteiger partial charge < -0.3 is 10.6 Å². The molecule has 1 amide bonds. The average molecular weight is 375 g/mol. The second-order valence-electron chi connectivity index (χ2n) is 6.93. The van der Waals surface area contributed by atoms with Crippen molar-refractivity contribution in [2.24, 2.45) is 11.8 Å². The molecule has 2 heterocycles. The standard InChI is InChI=1S/C20H26N4O.ClH/c1-14(17-4-3-10-21-13-17)12-19(25)24-18-7-5-16(6-8-18)20-22-11-9-15(2)23-20;/h5-9,11,14,17,21H,3-4,10,12-13H2,1-2H3,(H,24,25);1H. The molecule has 2 aromatic rings. The first-order chi connectivity index (χ1) is 12.1. The SMILES string of the molecule is Cc1ccnc(-c2ccc(NC(=O)CC(C)C3CCCNC3)cc2)n1.Cl. The monoisotopic (exact) mass is 374 g/mol. The van der Waals surface area contributed by atoms with Gasteiger partial charge in [0, 0.05) is 29.6 Å². The first kappa shape index (κ1) is 20.3. The van der Waals surface area contributed by atoms with E-state index in [0.29, 0.717) is 24.1 Å². The summed E-state index contributed by atoms with van der Waals surface area (Å²) < 4.78 is 0. The minimum Gasteiger partial charge on any atom is -0.326 e. The molecule has 26 heavy (non-hydrogen) atoms. The van der Waals surface area contributed by atoms with E-state index in [4.69, 9.17) is 0 Å². The molecule has 2 N–H and O–H groups in total. The molecule has 0 saturated carbocycles. The number of nitrogens with zero attached hydrogens (tertiary/aromatic N) is 2. The number of carbonyl (C=O) groups is 1. The first-order valence-electron chi connectivity index (χ1n) is 9.02. The second-order valence-corrected chi connectivity index (χ2v) is 6.93. The van der Waals surface area contributed by atoms with Crippen LogP contribution in [0.25, 0.3) is 11.4 Å². The highest BCUT2D eigenvalue weighted by atomic mass is 35.5. The normalized spacial score (nSPS) is 17.8. The summed E-state index contributed by atoms with van der Waals surface area (Å²) in [6.07, 6.45) is 4.75. The first-order valence-corrected chi connectivity index (χ1v) is 9.02. The minimum atomic E-state index is 0. The Morgan fingerprint density at radius 3 is 2.73 bits per heavy atom. The molecule has 2 unspecified atom stereocenters. The number of halogens is 1. The quantitative estimate of drug-likeness (QED) is 0.834. The summed E-state index contributed by atoms with van der Waals surface area (Å²) in [5.74, 6) is 1.78. The van der Waals surface area contributed by atoms with Crippen LogP contribution < -0.4 is 10.6 Å². The van der Waals surface area contributed by atoms with Gasteiger partial charge in [-0.15, -0.1) is 12.4 Å². The summed E-state index contributed by atoms with van der Waals surface area (Å²) in [5.41, 5.74) is 2.70. The fourth-order valence-electron chi connectivity index (χ4n) is 3.33. The molecule has 0 radical (unpaired) electrons. The van der Waals surface area contributed by atoms with Gasteiger partial charge in [0.1, 0.15) is 0 Å². The van der Waals surface area contributed by atoms with Crippen LogP contribution in [0.5, 0.6) is 0 Å². The van der Waals surface area contributed by atoms with Crippen molar-refractivity contribution in [2.75, 3.05) is 18.4 Å². The molecule has 140 valence electrons. The van der Waals surface area contributed by atoms with Crippen molar-refractivity contribution >= 4 is 24.0 Å². The van der Waals surface area contributed by atoms with Gasteiger partial charge in [0.25, 0.3) is 0 Å². The van der Waals surface area contributed by atoms with E-state index in [1.165, 1.54) is 12.8 Å². The molecular weight excluding hydrogens is 348 g/mol. The van der Waals surface area contributed by atoms with Crippen LogP contribution in [0.1, 0.15) is 31.9 Å². The Kier molecular flexibility index (Phi) is 7.54. The van der Waals surface area contributed by atoms with Gasteiger partial charge in [0.05, 0.1) is 0 Å². The van der Waals surface area contributed by atoms with Crippen molar-refractivity contribution in [3.63, 3.8) is 0 Å². The van der Waals surface area contributed by atoms with Crippen LogP contribution in [0.4, 0.5) is 5.69 Å². The highest BCUT2D eigenvalue weighted by molar-refractivity contribution is 5.91. The van der Waals surface area contributed by atoms with Gasteiger partial charge >= 0.3 is 0 Å². The van der Waals surface area contributed by atoms with Gasteiger partial charge in [-0.25, -0.2) is 9.97 Å². The number of benzene rings is 1. The lowest BCUT2D eigenvalue weighted by Crippen LogP contribution is -2.34. The van der Waals surface area contributed by atoms with Crippen LogP contribution >= 0.6 is 12.4 Å². The van der Waals surface area contributed by atoms with Crippen molar-refractivity contribution in [3.8, 4) is 11.4 Å². The third-order valence-electron chi connectivity index (χ3n) is 4.87. The topological polar surface area (TPSA) is 66.9 Å². The molecule has 1 aliphatic heterocycles. The van der Waals surface area contributed by atoms with E-state index in [1.807, 2.05) is 37.3 Å². The van der Waals surface area contributed by atoms with Crippen LogP contribution in [0.15, 0.2) is 36.5 Å². The molecule has 2 atom stereocenters. The molecule has 0 aliphatic carbocycles. The maximum Gasteiger partial charge on any atom is 0.224 e. The molecule has 1 saturated heterocycles. The van der Waals surface area contributed by atoms with Gasteiger partial charge in [-0.2, -0.15) is 0 Å². The van der Waals surface area contributed by atoms with Gasteiger partial charge in [-0.05, 0) is 75.0 Å². The zero-order valence-corrected chi connectivity index (χ0v) is 16.2. The highest BCUT2D eigenvalue weighted by Gasteiger charge is 2.22. The van der Waals surface area contributed by atoms with E-state index in [0.717, 1.165) is 30.0 Å². The highest BCUT2D eigenvalue weighted by Crippen LogP contribution is 2.23. The predicted octanol–water partition coefficient (Wildman–Crippen LogP) is 3.84. The smallest absolute Gasteiger partial charge is 0.224 e. The summed E-state index contributed by atoms with van der Waals surface area (Å²) in [6.45, 7) is 6.25. The molecule has 1 aromatic heterocycles. The molecular formula is C20H27ClN4O. The zero-order valence-electron chi connectivity index (χ0n) is 15.4. The molecule has 5 nitrogen and oxygen atoms in total. The molecule has 0 spiro atoms. The van der Waals surface area contributed by atoms with Crippen LogP contribution in [0.2, 0.25) is 0 Å². The van der Waals surface area contributed by atoms with Gasteiger partial charge in [-0.1, -0.05) is 6.92 Å². The molecule has 0 bridgehead atoms. The van der Waals surface area contributed by atoms with Gasteiger partial charge in [-0.3, -0.25) is 4.79 Å². The van der Waals surface area contributed by atoms with Crippen LogP contribution in [-0.2, 0) is 4.79 Å². The van der Waals surface area contributed by atoms with E-state index in [-0.39, 0.29) is 18.3 Å². The van der Waals surface area contributed by atoms with Crippen molar-refractivity contribution in [1.82, 2.24) is 15.3 Å². The molecule has 1 aliphatic rings. The van der Waals surface area contributed by atoms with Crippen LogP contribution in [-0.4, -0.2) is 29.0 Å². The maximum absolute atomic E-state index is 12.3. The Morgan fingerprint density at radius 1 is 1.31 bits per heavy atom. The molecule has 6 heteroatoms. The van der Waals surface area contributed by atoms with Crippen molar-refractivity contribution < 1.29 is 4.79 Å². The lowest BCUT2D eigenvalue weighted by molar-refractivity contribution is -0.117. The number of anilines is 1. The fraction of sp³-hybridized carbons (Fsp3) is 0.450. The minimum absolute atomic E-state index is 0. The molecule has 3 rings (SSSR count). The van der Waals surface area contributed by atoms with E-state index < -0.39 is 0 Å². The molecule has 1 fully saturated rings. The van der Waals surface area contributed by atoms with Crippen molar-refractivity contribution in [1.29, 1.82) is 0 Å². The van der Waals surface area contributed by atoms with E-state index >= 15 is 0 Å². The largest absolute Gasteiger partial charge is 0.326 e. The Hall–Kier alpha value is -1.98. The second kappa shape index (κ2) is 9.64. The third kappa shape index (κ3) is 5.51. The lowest BCUT2D eigenvalue weighted by atomic mass is 9.85. The number of aryl methyl sites for hydroxylation is 1. The fourth-order valence-corrected chi connectivity index (χ4v) is 3.33.